The van der Waals surface area contributed by atoms with Crippen LogP contribution in [0.15, 0.2) is 24.4 Å². The normalized spacial score (nSPS) is 15.7. The SMILES string of the molecule is Cc1ccc2c(c1)c(CCN(C)C)cn2C(=O)NCCN1CCOCC1. The maximum absolute atomic E-state index is 12.7. The van der Waals surface area contributed by atoms with Crippen LogP contribution in [0.5, 0.6) is 0 Å². The van der Waals surface area contributed by atoms with Gasteiger partial charge in [0, 0.05) is 44.3 Å². The first-order chi connectivity index (χ1) is 12.5. The summed E-state index contributed by atoms with van der Waals surface area (Å²) in [5, 5.41) is 4.24. The number of rotatable bonds is 6. The van der Waals surface area contributed by atoms with Crippen molar-refractivity contribution >= 4 is 16.9 Å². The van der Waals surface area contributed by atoms with Crippen molar-refractivity contribution in [1.82, 2.24) is 19.7 Å². The van der Waals surface area contributed by atoms with Crippen molar-refractivity contribution in [3.63, 3.8) is 0 Å². The lowest BCUT2D eigenvalue weighted by molar-refractivity contribution is 0.0387. The number of likely N-dealkylation sites (N-methyl/N-ethyl adjacent to an activating group) is 1. The van der Waals surface area contributed by atoms with E-state index >= 15 is 0 Å². The summed E-state index contributed by atoms with van der Waals surface area (Å²) in [5.41, 5.74) is 3.42. The first kappa shape index (κ1) is 18.9. The van der Waals surface area contributed by atoms with Gasteiger partial charge in [-0.15, -0.1) is 0 Å². The smallest absolute Gasteiger partial charge is 0.326 e. The van der Waals surface area contributed by atoms with Gasteiger partial charge in [-0.25, -0.2) is 4.79 Å². The number of fused-ring (bicyclic) bond motifs is 1. The van der Waals surface area contributed by atoms with Gasteiger partial charge in [0.15, 0.2) is 0 Å². The number of benzene rings is 1. The van der Waals surface area contributed by atoms with Gasteiger partial charge in [0.2, 0.25) is 0 Å². The number of carbonyl (C=O) groups excluding carboxylic acids is 1. The van der Waals surface area contributed by atoms with E-state index in [0.717, 1.165) is 51.3 Å². The van der Waals surface area contributed by atoms with Crippen LogP contribution < -0.4 is 5.32 Å². The fraction of sp³-hybridized carbons (Fsp3) is 0.550. The maximum atomic E-state index is 12.7. The van der Waals surface area contributed by atoms with E-state index in [1.54, 1.807) is 4.57 Å². The molecule has 0 radical (unpaired) electrons. The van der Waals surface area contributed by atoms with Crippen LogP contribution >= 0.6 is 0 Å². The number of nitrogens with one attached hydrogen (secondary N) is 1. The van der Waals surface area contributed by atoms with Crippen LogP contribution in [0.3, 0.4) is 0 Å². The summed E-state index contributed by atoms with van der Waals surface area (Å²) < 4.78 is 7.12. The van der Waals surface area contributed by atoms with Gasteiger partial charge < -0.3 is 15.0 Å². The Morgan fingerprint density at radius 3 is 2.77 bits per heavy atom. The Kier molecular flexibility index (Phi) is 6.29. The van der Waals surface area contributed by atoms with E-state index in [1.165, 1.54) is 16.5 Å². The molecule has 0 unspecified atom stereocenters. The monoisotopic (exact) mass is 358 g/mol. The molecule has 1 aliphatic rings. The van der Waals surface area contributed by atoms with E-state index in [1.807, 2.05) is 12.3 Å². The summed E-state index contributed by atoms with van der Waals surface area (Å²) in [7, 11) is 4.14. The number of amides is 1. The molecule has 1 aromatic carbocycles. The second kappa shape index (κ2) is 8.66. The lowest BCUT2D eigenvalue weighted by Crippen LogP contribution is -2.42. The zero-order chi connectivity index (χ0) is 18.5. The Balaban J connectivity index is 1.70. The Hall–Kier alpha value is -1.89. The highest BCUT2D eigenvalue weighted by molar-refractivity contribution is 5.94. The van der Waals surface area contributed by atoms with Crippen molar-refractivity contribution in [2.45, 2.75) is 13.3 Å². The Labute approximate surface area is 155 Å². The van der Waals surface area contributed by atoms with Gasteiger partial charge in [-0.1, -0.05) is 11.6 Å². The third kappa shape index (κ3) is 4.63. The molecule has 6 heteroatoms. The molecule has 6 nitrogen and oxygen atoms in total. The summed E-state index contributed by atoms with van der Waals surface area (Å²) in [6.07, 6.45) is 2.93. The highest BCUT2D eigenvalue weighted by atomic mass is 16.5. The predicted octanol–water partition coefficient (Wildman–Crippen LogP) is 1.94. The number of aryl methyl sites for hydroxylation is 1. The third-order valence-electron chi connectivity index (χ3n) is 4.90. The van der Waals surface area contributed by atoms with Crippen molar-refractivity contribution in [1.29, 1.82) is 0 Å². The minimum Gasteiger partial charge on any atom is -0.379 e. The molecule has 1 N–H and O–H groups in total. The number of hydrogen-bond donors (Lipinski definition) is 1. The molecule has 1 amide bonds. The molecule has 0 aliphatic carbocycles. The number of ether oxygens (including phenoxy) is 1. The van der Waals surface area contributed by atoms with E-state index < -0.39 is 0 Å². The molecule has 142 valence electrons. The minimum absolute atomic E-state index is 0.0526. The molecule has 0 atom stereocenters. The number of nitrogens with zero attached hydrogens (tertiary/aromatic N) is 3. The van der Waals surface area contributed by atoms with Crippen LogP contribution in [0, 0.1) is 6.92 Å². The quantitative estimate of drug-likeness (QED) is 0.857. The van der Waals surface area contributed by atoms with E-state index in [9.17, 15) is 4.79 Å². The van der Waals surface area contributed by atoms with Crippen molar-refractivity contribution < 1.29 is 9.53 Å². The van der Waals surface area contributed by atoms with Crippen LogP contribution in [0.25, 0.3) is 10.9 Å². The molecule has 1 fully saturated rings. The molecular weight excluding hydrogens is 328 g/mol. The average Bonchev–Trinajstić information content (AvgIpc) is 2.98. The lowest BCUT2D eigenvalue weighted by Gasteiger charge is -2.26. The third-order valence-corrected chi connectivity index (χ3v) is 4.90. The molecule has 2 heterocycles. The molecule has 1 aliphatic heterocycles. The standard InChI is InChI=1S/C20H30N4O2/c1-16-4-5-19-18(14-16)17(6-8-22(2)3)15-24(19)20(25)21-7-9-23-10-12-26-13-11-23/h4-5,14-15H,6-13H2,1-3H3,(H,21,25). The van der Waals surface area contributed by atoms with Gasteiger partial charge >= 0.3 is 6.03 Å². The zero-order valence-corrected chi connectivity index (χ0v) is 16.1. The molecule has 0 spiro atoms. The summed E-state index contributed by atoms with van der Waals surface area (Å²) >= 11 is 0. The Morgan fingerprint density at radius 2 is 2.04 bits per heavy atom. The van der Waals surface area contributed by atoms with Crippen LogP contribution in [0.2, 0.25) is 0 Å². The van der Waals surface area contributed by atoms with Crippen molar-refractivity contribution in [2.75, 3.05) is 60.0 Å². The van der Waals surface area contributed by atoms with Crippen LogP contribution in [-0.4, -0.2) is 80.4 Å². The van der Waals surface area contributed by atoms with Crippen molar-refractivity contribution in [3.8, 4) is 0 Å². The number of hydrogen-bond acceptors (Lipinski definition) is 4. The number of aromatic nitrogens is 1. The lowest BCUT2D eigenvalue weighted by atomic mass is 10.1. The van der Waals surface area contributed by atoms with E-state index in [2.05, 4.69) is 48.3 Å². The molecule has 0 saturated carbocycles. The number of carbonyl (C=O) groups is 1. The van der Waals surface area contributed by atoms with Gasteiger partial charge in [0.05, 0.1) is 18.7 Å². The molecule has 2 aromatic rings. The van der Waals surface area contributed by atoms with Gasteiger partial charge in [0.1, 0.15) is 0 Å². The highest BCUT2D eigenvalue weighted by Gasteiger charge is 2.15. The second-order valence-electron chi connectivity index (χ2n) is 7.28. The molecule has 1 saturated heterocycles. The maximum Gasteiger partial charge on any atom is 0.326 e. The Bertz CT molecular complexity index is 748. The van der Waals surface area contributed by atoms with Crippen LogP contribution in [0.4, 0.5) is 4.79 Å². The predicted molar refractivity (Wildman–Crippen MR) is 105 cm³/mol. The average molecular weight is 358 g/mol. The van der Waals surface area contributed by atoms with Gasteiger partial charge in [0.25, 0.3) is 0 Å². The summed E-state index contributed by atoms with van der Waals surface area (Å²) in [5.74, 6) is 0. The fourth-order valence-electron chi connectivity index (χ4n) is 3.35. The second-order valence-corrected chi connectivity index (χ2v) is 7.28. The van der Waals surface area contributed by atoms with E-state index in [0.29, 0.717) is 6.54 Å². The van der Waals surface area contributed by atoms with Gasteiger partial charge in [-0.2, -0.15) is 0 Å². The first-order valence-electron chi connectivity index (χ1n) is 9.38. The highest BCUT2D eigenvalue weighted by Crippen LogP contribution is 2.23. The molecule has 0 bridgehead atoms. The fourth-order valence-corrected chi connectivity index (χ4v) is 3.35. The molecular formula is C20H30N4O2. The van der Waals surface area contributed by atoms with Crippen molar-refractivity contribution in [2.24, 2.45) is 0 Å². The van der Waals surface area contributed by atoms with Gasteiger partial charge in [-0.05, 0) is 45.1 Å². The number of morpholine rings is 1. The Morgan fingerprint density at radius 1 is 1.27 bits per heavy atom. The van der Waals surface area contributed by atoms with E-state index in [-0.39, 0.29) is 6.03 Å². The largest absolute Gasteiger partial charge is 0.379 e. The van der Waals surface area contributed by atoms with Crippen molar-refractivity contribution in [3.05, 3.63) is 35.5 Å². The zero-order valence-electron chi connectivity index (χ0n) is 16.1. The molecule has 3 rings (SSSR count). The van der Waals surface area contributed by atoms with E-state index in [4.69, 9.17) is 4.74 Å². The van der Waals surface area contributed by atoms with Gasteiger partial charge in [-0.3, -0.25) is 9.47 Å². The molecule has 26 heavy (non-hydrogen) atoms. The summed E-state index contributed by atoms with van der Waals surface area (Å²) in [6, 6.07) is 6.24. The minimum atomic E-state index is -0.0526. The van der Waals surface area contributed by atoms with Crippen LogP contribution in [0.1, 0.15) is 11.1 Å². The summed E-state index contributed by atoms with van der Waals surface area (Å²) in [4.78, 5) is 17.2. The first-order valence-corrected chi connectivity index (χ1v) is 9.38. The molecule has 1 aromatic heterocycles. The summed E-state index contributed by atoms with van der Waals surface area (Å²) in [6.45, 7) is 8.01. The topological polar surface area (TPSA) is 49.7 Å². The van der Waals surface area contributed by atoms with Crippen LogP contribution in [-0.2, 0) is 11.2 Å².